The third-order valence-corrected chi connectivity index (χ3v) is 3.70. The van der Waals surface area contributed by atoms with Gasteiger partial charge in [0.05, 0.1) is 5.69 Å². The van der Waals surface area contributed by atoms with Gasteiger partial charge in [-0.05, 0) is 65.2 Å². The molecule has 0 aliphatic carbocycles. The number of hydrogen-bond acceptors (Lipinski definition) is 2. The number of amides is 1. The largest absolute Gasteiger partial charge is 0.398 e. The van der Waals surface area contributed by atoms with Crippen molar-refractivity contribution in [3.63, 3.8) is 0 Å². The van der Waals surface area contributed by atoms with Crippen LogP contribution in [0.5, 0.6) is 0 Å². The number of benzene rings is 2. The van der Waals surface area contributed by atoms with Crippen molar-refractivity contribution in [3.8, 4) is 0 Å². The highest BCUT2D eigenvalue weighted by molar-refractivity contribution is 9.10. The summed E-state index contributed by atoms with van der Waals surface area (Å²) < 4.78 is 14.0. The Morgan fingerprint density at radius 3 is 2.60 bits per heavy atom. The van der Waals surface area contributed by atoms with Gasteiger partial charge in [0.1, 0.15) is 5.82 Å². The van der Waals surface area contributed by atoms with Crippen molar-refractivity contribution in [1.82, 2.24) is 0 Å². The molecule has 2 rings (SSSR count). The Morgan fingerprint density at radius 2 is 1.90 bits per heavy atom. The van der Waals surface area contributed by atoms with Gasteiger partial charge in [-0.3, -0.25) is 4.79 Å². The first-order valence-electron chi connectivity index (χ1n) is 6.01. The van der Waals surface area contributed by atoms with Crippen molar-refractivity contribution in [2.45, 2.75) is 13.8 Å². The van der Waals surface area contributed by atoms with Gasteiger partial charge in [0, 0.05) is 15.7 Å². The number of anilines is 2. The molecule has 3 nitrogen and oxygen atoms in total. The zero-order valence-corrected chi connectivity index (χ0v) is 12.7. The fraction of sp³-hybridized carbons (Fsp3) is 0.133. The predicted octanol–water partition coefficient (Wildman–Crippen LogP) is 4.04. The molecule has 3 N–H and O–H groups in total. The quantitative estimate of drug-likeness (QED) is 0.813. The van der Waals surface area contributed by atoms with Gasteiger partial charge >= 0.3 is 0 Å². The predicted molar refractivity (Wildman–Crippen MR) is 82.4 cm³/mol. The smallest absolute Gasteiger partial charge is 0.256 e. The van der Waals surface area contributed by atoms with Gasteiger partial charge in [0.15, 0.2) is 0 Å². The van der Waals surface area contributed by atoms with E-state index < -0.39 is 5.82 Å². The van der Waals surface area contributed by atoms with Crippen LogP contribution in [0.3, 0.4) is 0 Å². The lowest BCUT2D eigenvalue weighted by Gasteiger charge is -2.11. The van der Waals surface area contributed by atoms with E-state index in [9.17, 15) is 9.18 Å². The van der Waals surface area contributed by atoms with E-state index in [1.54, 1.807) is 19.1 Å². The van der Waals surface area contributed by atoms with E-state index in [1.165, 1.54) is 12.1 Å². The van der Waals surface area contributed by atoms with E-state index in [0.717, 1.165) is 10.0 Å². The molecule has 0 radical (unpaired) electrons. The van der Waals surface area contributed by atoms with Crippen molar-refractivity contribution in [1.29, 1.82) is 0 Å². The Balaban J connectivity index is 2.32. The van der Waals surface area contributed by atoms with Gasteiger partial charge in [-0.25, -0.2) is 4.39 Å². The summed E-state index contributed by atoms with van der Waals surface area (Å²) in [6, 6.07) is 7.61. The van der Waals surface area contributed by atoms with Crippen molar-refractivity contribution in [3.05, 3.63) is 57.3 Å². The van der Waals surface area contributed by atoms with Gasteiger partial charge in [0.25, 0.3) is 5.91 Å². The summed E-state index contributed by atoms with van der Waals surface area (Å²) >= 11 is 3.37. The maximum absolute atomic E-state index is 13.2. The summed E-state index contributed by atoms with van der Waals surface area (Å²) in [4.78, 5) is 12.2. The molecular weight excluding hydrogens is 323 g/mol. The van der Waals surface area contributed by atoms with Crippen LogP contribution in [0.4, 0.5) is 15.8 Å². The second-order valence-corrected chi connectivity index (χ2v) is 5.46. The van der Waals surface area contributed by atoms with E-state index in [0.29, 0.717) is 22.5 Å². The maximum atomic E-state index is 13.2. The molecule has 0 fully saturated rings. The van der Waals surface area contributed by atoms with E-state index >= 15 is 0 Å². The summed E-state index contributed by atoms with van der Waals surface area (Å²) in [5.74, 6) is -0.811. The standard InChI is InChI=1S/C15H14BrFN2O/c1-8-3-4-10(17)6-11(8)15(20)19-14-7-13(18)9(2)5-12(14)16/h3-7H,18H2,1-2H3,(H,19,20). The zero-order chi connectivity index (χ0) is 14.9. The van der Waals surface area contributed by atoms with Gasteiger partial charge < -0.3 is 11.1 Å². The van der Waals surface area contributed by atoms with Crippen LogP contribution in [0, 0.1) is 19.7 Å². The number of nitrogens with two attached hydrogens (primary N) is 1. The molecule has 0 spiro atoms. The van der Waals surface area contributed by atoms with Crippen molar-refractivity contribution >= 4 is 33.2 Å². The van der Waals surface area contributed by atoms with Gasteiger partial charge in [-0.15, -0.1) is 0 Å². The highest BCUT2D eigenvalue weighted by Gasteiger charge is 2.12. The Kier molecular flexibility index (Phi) is 4.09. The van der Waals surface area contributed by atoms with Gasteiger partial charge in [-0.2, -0.15) is 0 Å². The fourth-order valence-electron chi connectivity index (χ4n) is 1.81. The normalized spacial score (nSPS) is 10.4. The average Bonchev–Trinajstić information content (AvgIpc) is 2.38. The van der Waals surface area contributed by atoms with E-state index in [2.05, 4.69) is 21.2 Å². The average molecular weight is 337 g/mol. The zero-order valence-electron chi connectivity index (χ0n) is 11.1. The number of aryl methyl sites for hydroxylation is 2. The molecule has 2 aromatic carbocycles. The summed E-state index contributed by atoms with van der Waals surface area (Å²) in [6.07, 6.45) is 0. The minimum Gasteiger partial charge on any atom is -0.398 e. The first-order valence-corrected chi connectivity index (χ1v) is 6.81. The number of rotatable bonds is 2. The molecule has 0 aromatic heterocycles. The number of nitrogens with one attached hydrogen (secondary N) is 1. The van der Waals surface area contributed by atoms with Crippen LogP contribution in [-0.4, -0.2) is 5.91 Å². The molecule has 0 aliphatic rings. The molecule has 0 saturated carbocycles. The highest BCUT2D eigenvalue weighted by atomic mass is 79.9. The third kappa shape index (κ3) is 2.99. The Bertz CT molecular complexity index is 686. The summed E-state index contributed by atoms with van der Waals surface area (Å²) in [5, 5.41) is 2.73. The Hall–Kier alpha value is -1.88. The first kappa shape index (κ1) is 14.5. The van der Waals surface area contributed by atoms with Crippen LogP contribution in [-0.2, 0) is 0 Å². The molecule has 1 amide bonds. The van der Waals surface area contributed by atoms with Gasteiger partial charge in [-0.1, -0.05) is 6.07 Å². The summed E-state index contributed by atoms with van der Waals surface area (Å²) in [5.41, 5.74) is 8.89. The second-order valence-electron chi connectivity index (χ2n) is 4.60. The molecule has 0 unspecified atom stereocenters. The van der Waals surface area contributed by atoms with Crippen molar-refractivity contribution in [2.24, 2.45) is 0 Å². The molecule has 5 heteroatoms. The molecule has 0 aliphatic heterocycles. The Morgan fingerprint density at radius 1 is 1.20 bits per heavy atom. The van der Waals surface area contributed by atoms with Crippen molar-refractivity contribution < 1.29 is 9.18 Å². The number of halogens is 2. The lowest BCUT2D eigenvalue weighted by molar-refractivity contribution is 0.102. The van der Waals surface area contributed by atoms with Crippen LogP contribution < -0.4 is 11.1 Å². The van der Waals surface area contributed by atoms with E-state index in [4.69, 9.17) is 5.73 Å². The van der Waals surface area contributed by atoms with Crippen LogP contribution >= 0.6 is 15.9 Å². The molecule has 0 bridgehead atoms. The number of hydrogen-bond donors (Lipinski definition) is 2. The molecule has 104 valence electrons. The fourth-order valence-corrected chi connectivity index (χ4v) is 2.37. The molecule has 20 heavy (non-hydrogen) atoms. The van der Waals surface area contributed by atoms with Gasteiger partial charge in [0.2, 0.25) is 0 Å². The van der Waals surface area contributed by atoms with E-state index in [-0.39, 0.29) is 5.91 Å². The lowest BCUT2D eigenvalue weighted by Crippen LogP contribution is -2.14. The molecule has 2 aromatic rings. The maximum Gasteiger partial charge on any atom is 0.256 e. The summed E-state index contributed by atoms with van der Waals surface area (Å²) in [7, 11) is 0. The monoisotopic (exact) mass is 336 g/mol. The van der Waals surface area contributed by atoms with Crippen molar-refractivity contribution in [2.75, 3.05) is 11.1 Å². The third-order valence-electron chi connectivity index (χ3n) is 3.05. The number of nitrogen functional groups attached to an aromatic ring is 1. The second kappa shape index (κ2) is 5.63. The van der Waals surface area contributed by atoms with Crippen LogP contribution in [0.15, 0.2) is 34.8 Å². The van der Waals surface area contributed by atoms with Crippen LogP contribution in [0.2, 0.25) is 0 Å². The van der Waals surface area contributed by atoms with E-state index in [1.807, 2.05) is 13.0 Å². The minimum absolute atomic E-state index is 0.302. The Labute approximate surface area is 125 Å². The summed E-state index contributed by atoms with van der Waals surface area (Å²) in [6.45, 7) is 3.63. The number of carbonyl (C=O) groups is 1. The van der Waals surface area contributed by atoms with Crippen LogP contribution in [0.25, 0.3) is 0 Å². The van der Waals surface area contributed by atoms with Crippen LogP contribution in [0.1, 0.15) is 21.5 Å². The minimum atomic E-state index is -0.441. The first-order chi connectivity index (χ1) is 9.38. The molecule has 0 saturated heterocycles. The molecule has 0 heterocycles. The highest BCUT2D eigenvalue weighted by Crippen LogP contribution is 2.28. The molecular formula is C15H14BrFN2O. The molecule has 0 atom stereocenters. The SMILES string of the molecule is Cc1cc(Br)c(NC(=O)c2cc(F)ccc2C)cc1N. The lowest BCUT2D eigenvalue weighted by atomic mass is 10.1. The topological polar surface area (TPSA) is 55.1 Å². The number of carbonyl (C=O) groups excluding carboxylic acids is 1.